The van der Waals surface area contributed by atoms with Crippen molar-refractivity contribution in [3.63, 3.8) is 0 Å². The number of carboxylic acid groups (broad SMARTS) is 1. The van der Waals surface area contributed by atoms with E-state index in [1.807, 2.05) is 18.2 Å². The fourth-order valence-corrected chi connectivity index (χ4v) is 3.88. The maximum Gasteiger partial charge on any atom is 0.306 e. The number of nitrogens with zero attached hydrogens (tertiary/aromatic N) is 1. The Morgan fingerprint density at radius 3 is 2.44 bits per heavy atom. The average Bonchev–Trinajstić information content (AvgIpc) is 2.69. The van der Waals surface area contributed by atoms with Gasteiger partial charge >= 0.3 is 5.97 Å². The van der Waals surface area contributed by atoms with Crippen LogP contribution in [0.25, 0.3) is 0 Å². The van der Waals surface area contributed by atoms with Crippen molar-refractivity contribution in [2.45, 2.75) is 25.8 Å². The Morgan fingerprint density at radius 1 is 1.11 bits per heavy atom. The maximum absolute atomic E-state index is 11.3. The van der Waals surface area contributed by atoms with Crippen molar-refractivity contribution in [2.24, 2.45) is 5.92 Å². The molecule has 27 heavy (non-hydrogen) atoms. The van der Waals surface area contributed by atoms with Crippen LogP contribution in [-0.2, 0) is 4.79 Å². The molecule has 0 saturated carbocycles. The standard InChI is InChI=1S/C22H27NO4/c1-15-5-4-6-17(13-15)21(23-11-9-16(10-12-23)22(24)25)19-8-7-18(26-2)14-20(19)27-3/h4-8,13-14,16,21H,9-12H2,1-3H3,(H,24,25). The number of carboxylic acids is 1. The van der Waals surface area contributed by atoms with Crippen LogP contribution in [0, 0.1) is 12.8 Å². The molecule has 0 aromatic heterocycles. The number of likely N-dealkylation sites (tertiary alicyclic amines) is 1. The van der Waals surface area contributed by atoms with Crippen molar-refractivity contribution in [3.8, 4) is 11.5 Å². The first-order chi connectivity index (χ1) is 13.0. The molecule has 1 atom stereocenters. The first-order valence-electron chi connectivity index (χ1n) is 9.29. The van der Waals surface area contributed by atoms with Gasteiger partial charge in [-0.2, -0.15) is 0 Å². The Kier molecular flexibility index (Phi) is 6.01. The van der Waals surface area contributed by atoms with E-state index >= 15 is 0 Å². The lowest BCUT2D eigenvalue weighted by atomic mass is 9.90. The number of piperidine rings is 1. The van der Waals surface area contributed by atoms with Crippen LogP contribution in [0.2, 0.25) is 0 Å². The molecular formula is C22H27NO4. The number of rotatable bonds is 6. The number of methoxy groups -OCH3 is 2. The molecule has 1 heterocycles. The molecule has 1 unspecified atom stereocenters. The number of aliphatic carboxylic acids is 1. The average molecular weight is 369 g/mol. The summed E-state index contributed by atoms with van der Waals surface area (Å²) < 4.78 is 11.0. The lowest BCUT2D eigenvalue weighted by Crippen LogP contribution is -2.39. The maximum atomic E-state index is 11.3. The Hall–Kier alpha value is -2.53. The smallest absolute Gasteiger partial charge is 0.306 e. The SMILES string of the molecule is COc1ccc(C(c2cccc(C)c2)N2CCC(C(=O)O)CC2)c(OC)c1. The minimum Gasteiger partial charge on any atom is -0.497 e. The summed E-state index contributed by atoms with van der Waals surface area (Å²) in [5.74, 6) is 0.588. The number of ether oxygens (including phenoxy) is 2. The molecule has 1 aliphatic rings. The van der Waals surface area contributed by atoms with Crippen molar-refractivity contribution in [2.75, 3.05) is 27.3 Å². The van der Waals surface area contributed by atoms with E-state index in [-0.39, 0.29) is 12.0 Å². The first kappa shape index (κ1) is 19.2. The Morgan fingerprint density at radius 2 is 1.85 bits per heavy atom. The highest BCUT2D eigenvalue weighted by Gasteiger charge is 2.31. The van der Waals surface area contributed by atoms with Crippen molar-refractivity contribution < 1.29 is 19.4 Å². The minimum atomic E-state index is -0.691. The molecule has 3 rings (SSSR count). The summed E-state index contributed by atoms with van der Waals surface area (Å²) in [5, 5.41) is 9.32. The van der Waals surface area contributed by atoms with E-state index in [0.29, 0.717) is 12.8 Å². The highest BCUT2D eigenvalue weighted by atomic mass is 16.5. The largest absolute Gasteiger partial charge is 0.497 e. The third-order valence-corrected chi connectivity index (χ3v) is 5.34. The number of benzene rings is 2. The van der Waals surface area contributed by atoms with E-state index in [1.54, 1.807) is 14.2 Å². The molecule has 0 bridgehead atoms. The summed E-state index contributed by atoms with van der Waals surface area (Å²) in [5.41, 5.74) is 3.45. The van der Waals surface area contributed by atoms with Crippen molar-refractivity contribution in [1.82, 2.24) is 4.90 Å². The van der Waals surface area contributed by atoms with Crippen molar-refractivity contribution in [3.05, 3.63) is 59.2 Å². The number of carbonyl (C=O) groups is 1. The normalized spacial score (nSPS) is 16.7. The Labute approximate surface area is 160 Å². The van der Waals surface area contributed by atoms with Crippen LogP contribution in [0.3, 0.4) is 0 Å². The topological polar surface area (TPSA) is 59.0 Å². The molecule has 144 valence electrons. The van der Waals surface area contributed by atoms with Gasteiger partial charge < -0.3 is 14.6 Å². The highest BCUT2D eigenvalue weighted by Crippen LogP contribution is 2.38. The molecule has 5 nitrogen and oxygen atoms in total. The van der Waals surface area contributed by atoms with Crippen LogP contribution in [0.4, 0.5) is 0 Å². The van der Waals surface area contributed by atoms with Gasteiger partial charge in [0.1, 0.15) is 11.5 Å². The summed E-state index contributed by atoms with van der Waals surface area (Å²) >= 11 is 0. The number of hydrogen-bond acceptors (Lipinski definition) is 4. The number of hydrogen-bond donors (Lipinski definition) is 1. The Balaban J connectivity index is 2.00. The van der Waals surface area contributed by atoms with E-state index in [4.69, 9.17) is 9.47 Å². The van der Waals surface area contributed by atoms with E-state index in [1.165, 1.54) is 11.1 Å². The van der Waals surface area contributed by atoms with Crippen molar-refractivity contribution >= 4 is 5.97 Å². The fraction of sp³-hybridized carbons (Fsp3) is 0.409. The highest BCUT2D eigenvalue weighted by molar-refractivity contribution is 5.70. The zero-order valence-electron chi connectivity index (χ0n) is 16.1. The van der Waals surface area contributed by atoms with Gasteiger partial charge in [0.05, 0.1) is 26.2 Å². The second-order valence-corrected chi connectivity index (χ2v) is 7.07. The van der Waals surface area contributed by atoms with Crippen LogP contribution in [0.15, 0.2) is 42.5 Å². The van der Waals surface area contributed by atoms with Gasteiger partial charge in [0.25, 0.3) is 0 Å². The summed E-state index contributed by atoms with van der Waals surface area (Å²) in [6, 6.07) is 14.4. The van der Waals surface area contributed by atoms with Crippen LogP contribution < -0.4 is 9.47 Å². The van der Waals surface area contributed by atoms with Gasteiger partial charge in [-0.05, 0) is 50.6 Å². The van der Waals surface area contributed by atoms with E-state index in [2.05, 4.69) is 36.1 Å². The quantitative estimate of drug-likeness (QED) is 0.837. The summed E-state index contributed by atoms with van der Waals surface area (Å²) in [7, 11) is 3.31. The summed E-state index contributed by atoms with van der Waals surface area (Å²) in [6.07, 6.45) is 1.33. The van der Waals surface area contributed by atoms with E-state index in [0.717, 1.165) is 30.2 Å². The van der Waals surface area contributed by atoms with Gasteiger partial charge in [-0.1, -0.05) is 29.8 Å². The first-order valence-corrected chi connectivity index (χ1v) is 9.29. The molecule has 5 heteroatoms. The van der Waals surface area contributed by atoms with Crippen LogP contribution in [0.5, 0.6) is 11.5 Å². The van der Waals surface area contributed by atoms with Gasteiger partial charge in [0, 0.05) is 11.6 Å². The summed E-state index contributed by atoms with van der Waals surface area (Å²) in [4.78, 5) is 13.7. The van der Waals surface area contributed by atoms with Crippen LogP contribution >= 0.6 is 0 Å². The molecule has 1 N–H and O–H groups in total. The van der Waals surface area contributed by atoms with Crippen LogP contribution in [-0.4, -0.2) is 43.3 Å². The molecular weight excluding hydrogens is 342 g/mol. The second kappa shape index (κ2) is 8.44. The zero-order chi connectivity index (χ0) is 19.4. The van der Waals surface area contributed by atoms with E-state index < -0.39 is 5.97 Å². The molecule has 2 aromatic rings. The molecule has 0 amide bonds. The lowest BCUT2D eigenvalue weighted by Gasteiger charge is -2.37. The molecule has 2 aromatic carbocycles. The monoisotopic (exact) mass is 369 g/mol. The van der Waals surface area contributed by atoms with Crippen molar-refractivity contribution in [1.29, 1.82) is 0 Å². The third-order valence-electron chi connectivity index (χ3n) is 5.34. The van der Waals surface area contributed by atoms with Gasteiger partial charge in [0.2, 0.25) is 0 Å². The molecule has 1 saturated heterocycles. The van der Waals surface area contributed by atoms with Gasteiger partial charge in [0.15, 0.2) is 0 Å². The van der Waals surface area contributed by atoms with Gasteiger partial charge in [-0.3, -0.25) is 9.69 Å². The van der Waals surface area contributed by atoms with Gasteiger partial charge in [-0.25, -0.2) is 0 Å². The van der Waals surface area contributed by atoms with Crippen LogP contribution in [0.1, 0.15) is 35.6 Å². The predicted octanol–water partition coefficient (Wildman–Crippen LogP) is 3.90. The Bertz CT molecular complexity index is 797. The van der Waals surface area contributed by atoms with E-state index in [9.17, 15) is 9.90 Å². The molecule has 0 radical (unpaired) electrons. The lowest BCUT2D eigenvalue weighted by molar-refractivity contribution is -0.143. The predicted molar refractivity (Wildman–Crippen MR) is 105 cm³/mol. The van der Waals surface area contributed by atoms with Gasteiger partial charge in [-0.15, -0.1) is 0 Å². The molecule has 1 fully saturated rings. The minimum absolute atomic E-state index is 0.0144. The third kappa shape index (κ3) is 4.25. The molecule has 0 aliphatic carbocycles. The zero-order valence-corrected chi connectivity index (χ0v) is 16.1. The summed E-state index contributed by atoms with van der Waals surface area (Å²) in [6.45, 7) is 3.57. The second-order valence-electron chi connectivity index (χ2n) is 7.07. The molecule has 0 spiro atoms. The molecule has 1 aliphatic heterocycles. The number of aryl methyl sites for hydroxylation is 1. The fourth-order valence-electron chi connectivity index (χ4n) is 3.88.